The van der Waals surface area contributed by atoms with Crippen molar-refractivity contribution in [2.45, 2.75) is 83.3 Å². The molecule has 33 heavy (non-hydrogen) atoms. The molecule has 0 aromatic heterocycles. The number of aryl methyl sites for hydroxylation is 3. The highest BCUT2D eigenvalue weighted by Crippen LogP contribution is 2.27. The van der Waals surface area contributed by atoms with E-state index >= 15 is 0 Å². The molecule has 0 heterocycles. The van der Waals surface area contributed by atoms with Gasteiger partial charge in [-0.15, -0.1) is 0 Å². The molecule has 0 spiro atoms. The van der Waals surface area contributed by atoms with Crippen LogP contribution in [0.2, 0.25) is 0 Å². The number of amides is 1. The summed E-state index contributed by atoms with van der Waals surface area (Å²) < 4.78 is 28.6. The molecule has 2 aromatic carbocycles. The summed E-state index contributed by atoms with van der Waals surface area (Å²) in [7, 11) is -3.78. The number of unbranched alkanes of at least 4 members (excludes halogenated alkanes) is 3. The van der Waals surface area contributed by atoms with Gasteiger partial charge in [0, 0.05) is 28.8 Å². The predicted octanol–water partition coefficient (Wildman–Crippen LogP) is 6.83. The van der Waals surface area contributed by atoms with Crippen LogP contribution in [0.4, 0.5) is 11.4 Å². The Bertz CT molecular complexity index is 1020. The van der Waals surface area contributed by atoms with Crippen molar-refractivity contribution in [1.29, 1.82) is 0 Å². The van der Waals surface area contributed by atoms with Crippen LogP contribution in [-0.4, -0.2) is 25.3 Å². The Kier molecular flexibility index (Phi) is 10.8. The first-order valence-corrected chi connectivity index (χ1v) is 14.3. The Labute approximate surface area is 204 Å². The molecule has 0 bridgehead atoms. The molecule has 7 heteroatoms. The first kappa shape index (κ1) is 27.3. The van der Waals surface area contributed by atoms with Crippen LogP contribution in [0.3, 0.4) is 0 Å². The van der Waals surface area contributed by atoms with E-state index in [0.717, 1.165) is 16.9 Å². The summed E-state index contributed by atoms with van der Waals surface area (Å²) in [6.45, 7) is 10.0. The Morgan fingerprint density at radius 1 is 1.00 bits per heavy atom. The van der Waals surface area contributed by atoms with Gasteiger partial charge in [-0.2, -0.15) is 11.8 Å². The van der Waals surface area contributed by atoms with Crippen LogP contribution >= 0.6 is 11.8 Å². The molecule has 0 saturated carbocycles. The number of anilines is 2. The zero-order chi connectivity index (χ0) is 24.4. The molecule has 0 aliphatic carbocycles. The second-order valence-electron chi connectivity index (χ2n) is 8.73. The van der Waals surface area contributed by atoms with Crippen molar-refractivity contribution < 1.29 is 13.2 Å². The van der Waals surface area contributed by atoms with Gasteiger partial charge in [0.2, 0.25) is 5.91 Å². The van der Waals surface area contributed by atoms with Crippen molar-refractivity contribution in [3.8, 4) is 0 Å². The van der Waals surface area contributed by atoms with Crippen LogP contribution in [0, 0.1) is 20.8 Å². The fourth-order valence-electron chi connectivity index (χ4n) is 3.60. The van der Waals surface area contributed by atoms with E-state index in [1.54, 1.807) is 31.2 Å². The molecule has 182 valence electrons. The molecule has 0 radical (unpaired) electrons. The van der Waals surface area contributed by atoms with Gasteiger partial charge in [-0.1, -0.05) is 63.3 Å². The van der Waals surface area contributed by atoms with E-state index in [0.29, 0.717) is 28.6 Å². The fourth-order valence-corrected chi connectivity index (χ4v) is 5.95. The maximum atomic E-state index is 13.0. The Morgan fingerprint density at radius 2 is 1.70 bits per heavy atom. The number of nitrogens with one attached hydrogen (secondary N) is 2. The second-order valence-corrected chi connectivity index (χ2v) is 11.9. The number of carbonyl (C=O) groups excluding carboxylic acids is 1. The number of hydrogen-bond donors (Lipinski definition) is 2. The number of benzene rings is 2. The van der Waals surface area contributed by atoms with Gasteiger partial charge in [-0.3, -0.25) is 9.52 Å². The van der Waals surface area contributed by atoms with Gasteiger partial charge in [-0.05, 0) is 56.5 Å². The zero-order valence-electron chi connectivity index (χ0n) is 20.5. The van der Waals surface area contributed by atoms with E-state index in [9.17, 15) is 13.2 Å². The molecule has 0 aliphatic heterocycles. The minimum Gasteiger partial charge on any atom is -0.326 e. The van der Waals surface area contributed by atoms with Crippen LogP contribution in [0.15, 0.2) is 41.3 Å². The summed E-state index contributed by atoms with van der Waals surface area (Å²) in [6, 6.07) is 10.5. The number of sulfonamides is 1. The second kappa shape index (κ2) is 13.0. The summed E-state index contributed by atoms with van der Waals surface area (Å²) in [5, 5.41) is 3.45. The van der Waals surface area contributed by atoms with Gasteiger partial charge in [0.25, 0.3) is 10.0 Å². The van der Waals surface area contributed by atoms with Crippen molar-refractivity contribution in [2.75, 3.05) is 15.8 Å². The quantitative estimate of drug-likeness (QED) is 0.302. The van der Waals surface area contributed by atoms with Gasteiger partial charge in [0.1, 0.15) is 0 Å². The van der Waals surface area contributed by atoms with E-state index in [-0.39, 0.29) is 10.8 Å². The SMILES string of the molecule is CCCCCCC(C)SCCC(=O)Nc1cc(S(=O)(=O)Nc2ccc(C)cc2)c(C)cc1C. The molecule has 2 rings (SSSR count). The highest BCUT2D eigenvalue weighted by Gasteiger charge is 2.19. The predicted molar refractivity (Wildman–Crippen MR) is 142 cm³/mol. The normalized spacial score (nSPS) is 12.4. The Balaban J connectivity index is 1.98. The topological polar surface area (TPSA) is 75.3 Å². The maximum absolute atomic E-state index is 13.0. The first-order chi connectivity index (χ1) is 15.6. The molecule has 0 fully saturated rings. The Morgan fingerprint density at radius 3 is 2.36 bits per heavy atom. The molecule has 0 saturated heterocycles. The Hall–Kier alpha value is -1.99. The standard InChI is InChI=1S/C26H38N2O3S2/c1-6-7-8-9-10-22(5)32-16-15-26(29)27-24-18-25(21(4)17-20(24)3)33(30,31)28-23-13-11-19(2)12-14-23/h11-14,17-18,22,28H,6-10,15-16H2,1-5H3,(H,27,29). The molecule has 2 aromatic rings. The molecule has 1 amide bonds. The minimum atomic E-state index is -3.78. The lowest BCUT2D eigenvalue weighted by Gasteiger charge is -2.15. The zero-order valence-corrected chi connectivity index (χ0v) is 22.2. The number of carbonyl (C=O) groups is 1. The molecule has 0 aliphatic rings. The van der Waals surface area contributed by atoms with Gasteiger partial charge in [0.15, 0.2) is 0 Å². The summed E-state index contributed by atoms with van der Waals surface area (Å²) in [5.74, 6) is 0.661. The molecule has 5 nitrogen and oxygen atoms in total. The van der Waals surface area contributed by atoms with Crippen LogP contribution in [0.1, 0.15) is 69.1 Å². The van der Waals surface area contributed by atoms with Gasteiger partial charge >= 0.3 is 0 Å². The highest BCUT2D eigenvalue weighted by atomic mass is 32.2. The van der Waals surface area contributed by atoms with Crippen LogP contribution in [0.25, 0.3) is 0 Å². The third kappa shape index (κ3) is 9.05. The average molecular weight is 491 g/mol. The van der Waals surface area contributed by atoms with Crippen LogP contribution in [0.5, 0.6) is 0 Å². The van der Waals surface area contributed by atoms with Gasteiger partial charge in [-0.25, -0.2) is 8.42 Å². The summed E-state index contributed by atoms with van der Waals surface area (Å²) >= 11 is 1.82. The smallest absolute Gasteiger partial charge is 0.262 e. The van der Waals surface area contributed by atoms with Crippen molar-refractivity contribution in [1.82, 2.24) is 0 Å². The summed E-state index contributed by atoms with van der Waals surface area (Å²) in [6.07, 6.45) is 6.63. The lowest BCUT2D eigenvalue weighted by atomic mass is 10.1. The van der Waals surface area contributed by atoms with Crippen molar-refractivity contribution >= 4 is 39.1 Å². The van der Waals surface area contributed by atoms with E-state index < -0.39 is 10.0 Å². The summed E-state index contributed by atoms with van der Waals surface area (Å²) in [4.78, 5) is 12.7. The molecule has 1 atom stereocenters. The molecule has 2 N–H and O–H groups in total. The van der Waals surface area contributed by atoms with Crippen LogP contribution < -0.4 is 10.0 Å². The number of thioether (sulfide) groups is 1. The summed E-state index contributed by atoms with van der Waals surface area (Å²) in [5.41, 5.74) is 3.57. The molecule has 1 unspecified atom stereocenters. The number of rotatable bonds is 13. The first-order valence-electron chi connectivity index (χ1n) is 11.7. The highest BCUT2D eigenvalue weighted by molar-refractivity contribution is 7.99. The lowest BCUT2D eigenvalue weighted by molar-refractivity contribution is -0.115. The maximum Gasteiger partial charge on any atom is 0.262 e. The lowest BCUT2D eigenvalue weighted by Crippen LogP contribution is -2.17. The van der Waals surface area contributed by atoms with Crippen molar-refractivity contribution in [2.24, 2.45) is 0 Å². The largest absolute Gasteiger partial charge is 0.326 e. The van der Waals surface area contributed by atoms with E-state index in [1.165, 1.54) is 32.1 Å². The number of hydrogen-bond acceptors (Lipinski definition) is 4. The minimum absolute atomic E-state index is 0.0949. The monoisotopic (exact) mass is 490 g/mol. The molecular formula is C26H38N2O3S2. The average Bonchev–Trinajstić information content (AvgIpc) is 2.74. The van der Waals surface area contributed by atoms with E-state index in [2.05, 4.69) is 23.9 Å². The van der Waals surface area contributed by atoms with Crippen molar-refractivity contribution in [3.63, 3.8) is 0 Å². The van der Waals surface area contributed by atoms with Crippen molar-refractivity contribution in [3.05, 3.63) is 53.1 Å². The molecular weight excluding hydrogens is 452 g/mol. The van der Waals surface area contributed by atoms with Gasteiger partial charge < -0.3 is 5.32 Å². The van der Waals surface area contributed by atoms with Crippen LogP contribution in [-0.2, 0) is 14.8 Å². The third-order valence-corrected chi connectivity index (χ3v) is 8.35. The fraction of sp³-hybridized carbons (Fsp3) is 0.500. The third-order valence-electron chi connectivity index (χ3n) is 5.59. The van der Waals surface area contributed by atoms with E-state index in [4.69, 9.17) is 0 Å². The van der Waals surface area contributed by atoms with E-state index in [1.807, 2.05) is 37.7 Å². The van der Waals surface area contributed by atoms with Gasteiger partial charge in [0.05, 0.1) is 4.90 Å².